The molecule has 1 aromatic carbocycles. The van der Waals surface area contributed by atoms with Crippen LogP contribution in [0.3, 0.4) is 0 Å². The van der Waals surface area contributed by atoms with Crippen molar-refractivity contribution in [3.8, 4) is 11.4 Å². The van der Waals surface area contributed by atoms with Crippen molar-refractivity contribution in [1.82, 2.24) is 14.8 Å². The molecular weight excluding hydrogens is 377 g/mol. The summed E-state index contributed by atoms with van der Waals surface area (Å²) in [7, 11) is -2.90. The van der Waals surface area contributed by atoms with Gasteiger partial charge in [-0.25, -0.2) is 18.1 Å². The topological polar surface area (TPSA) is 64.8 Å². The van der Waals surface area contributed by atoms with Crippen molar-refractivity contribution >= 4 is 32.4 Å². The minimum Gasteiger partial charge on any atom is -0.248 e. The van der Waals surface area contributed by atoms with E-state index in [1.54, 1.807) is 11.0 Å². The summed E-state index contributed by atoms with van der Waals surface area (Å²) in [5.41, 5.74) is 0.950. The van der Waals surface area contributed by atoms with Gasteiger partial charge in [-0.05, 0) is 41.1 Å². The first-order valence-electron chi connectivity index (χ1n) is 5.91. The molecule has 3 rings (SSSR count). The molecule has 1 atom stereocenters. The first-order valence-corrected chi connectivity index (χ1v) is 8.81. The van der Waals surface area contributed by atoms with Crippen molar-refractivity contribution < 1.29 is 8.42 Å². The fourth-order valence-corrected chi connectivity index (χ4v) is 4.44. The van der Waals surface area contributed by atoms with Crippen LogP contribution in [-0.2, 0) is 9.84 Å². The highest BCUT2D eigenvalue weighted by molar-refractivity contribution is 14.1. The lowest BCUT2D eigenvalue weighted by Gasteiger charge is -2.06. The van der Waals surface area contributed by atoms with Gasteiger partial charge in [-0.15, -0.1) is 0 Å². The molecule has 2 aromatic rings. The van der Waals surface area contributed by atoms with Gasteiger partial charge in [0.1, 0.15) is 6.33 Å². The van der Waals surface area contributed by atoms with Crippen LogP contribution in [0.2, 0.25) is 0 Å². The molecule has 0 saturated carbocycles. The molecule has 0 bridgehead atoms. The van der Waals surface area contributed by atoms with Gasteiger partial charge in [-0.1, -0.05) is 12.1 Å². The van der Waals surface area contributed by atoms with Gasteiger partial charge in [0.2, 0.25) is 0 Å². The minimum atomic E-state index is -2.90. The fourth-order valence-electron chi connectivity index (χ4n) is 2.19. The lowest BCUT2D eigenvalue weighted by Crippen LogP contribution is -2.11. The maximum absolute atomic E-state index is 11.5. The fraction of sp³-hybridized carbons (Fsp3) is 0.333. The van der Waals surface area contributed by atoms with Gasteiger partial charge in [0.25, 0.3) is 0 Å². The quantitative estimate of drug-likeness (QED) is 0.737. The first kappa shape index (κ1) is 13.0. The van der Waals surface area contributed by atoms with Crippen LogP contribution in [0.15, 0.2) is 30.6 Å². The molecule has 1 aromatic heterocycles. The van der Waals surface area contributed by atoms with E-state index in [9.17, 15) is 8.42 Å². The summed E-state index contributed by atoms with van der Waals surface area (Å²) in [6, 6.07) is 7.84. The van der Waals surface area contributed by atoms with Crippen molar-refractivity contribution in [2.45, 2.75) is 12.5 Å². The van der Waals surface area contributed by atoms with Crippen molar-refractivity contribution in [2.24, 2.45) is 0 Å². The van der Waals surface area contributed by atoms with Gasteiger partial charge in [0, 0.05) is 9.13 Å². The molecule has 19 heavy (non-hydrogen) atoms. The van der Waals surface area contributed by atoms with E-state index in [0.717, 1.165) is 9.13 Å². The maximum Gasteiger partial charge on any atom is 0.181 e. The Bertz CT molecular complexity index is 711. The van der Waals surface area contributed by atoms with Crippen LogP contribution >= 0.6 is 22.6 Å². The second-order valence-corrected chi connectivity index (χ2v) is 8.09. The molecule has 5 nitrogen and oxygen atoms in total. The number of rotatable bonds is 2. The van der Waals surface area contributed by atoms with E-state index in [4.69, 9.17) is 0 Å². The molecule has 0 amide bonds. The number of hydrogen-bond acceptors (Lipinski definition) is 4. The maximum atomic E-state index is 11.5. The Kier molecular flexibility index (Phi) is 3.34. The van der Waals surface area contributed by atoms with Crippen molar-refractivity contribution in [1.29, 1.82) is 0 Å². The van der Waals surface area contributed by atoms with E-state index >= 15 is 0 Å². The summed E-state index contributed by atoms with van der Waals surface area (Å²) in [5, 5.41) is 4.41. The van der Waals surface area contributed by atoms with E-state index in [2.05, 4.69) is 32.7 Å². The van der Waals surface area contributed by atoms with Gasteiger partial charge in [0.05, 0.1) is 17.5 Å². The Labute approximate surface area is 125 Å². The lowest BCUT2D eigenvalue weighted by molar-refractivity contribution is 0.499. The van der Waals surface area contributed by atoms with E-state index in [1.165, 1.54) is 0 Å². The Morgan fingerprint density at radius 2 is 2.21 bits per heavy atom. The highest BCUT2D eigenvalue weighted by Gasteiger charge is 2.29. The van der Waals surface area contributed by atoms with Crippen molar-refractivity contribution in [3.05, 3.63) is 34.2 Å². The monoisotopic (exact) mass is 389 g/mol. The highest BCUT2D eigenvalue weighted by Crippen LogP contribution is 2.24. The Morgan fingerprint density at radius 1 is 1.37 bits per heavy atom. The van der Waals surface area contributed by atoms with Crippen molar-refractivity contribution in [3.63, 3.8) is 0 Å². The van der Waals surface area contributed by atoms with Crippen LogP contribution in [-0.4, -0.2) is 34.7 Å². The normalized spacial score (nSPS) is 21.6. The molecule has 0 spiro atoms. The molecule has 0 N–H and O–H groups in total. The molecule has 1 saturated heterocycles. The smallest absolute Gasteiger partial charge is 0.181 e. The van der Waals surface area contributed by atoms with E-state index < -0.39 is 9.84 Å². The van der Waals surface area contributed by atoms with Crippen LogP contribution in [0.1, 0.15) is 12.5 Å². The predicted octanol–water partition coefficient (Wildman–Crippen LogP) is 1.91. The zero-order valence-electron chi connectivity index (χ0n) is 10.0. The Hall–Kier alpha value is -0.960. The van der Waals surface area contributed by atoms with Crippen LogP contribution < -0.4 is 0 Å². The average Bonchev–Trinajstić information content (AvgIpc) is 2.95. The minimum absolute atomic E-state index is 0.0750. The molecule has 2 heterocycles. The molecule has 1 fully saturated rings. The third-order valence-electron chi connectivity index (χ3n) is 3.17. The number of aromatic nitrogens is 3. The number of benzene rings is 1. The number of halogens is 1. The number of nitrogens with zero attached hydrogens (tertiary/aromatic N) is 3. The molecule has 1 aliphatic rings. The summed E-state index contributed by atoms with van der Waals surface area (Å²) in [6.07, 6.45) is 2.25. The Balaban J connectivity index is 1.88. The van der Waals surface area contributed by atoms with Gasteiger partial charge in [-0.3, -0.25) is 0 Å². The van der Waals surface area contributed by atoms with Gasteiger partial charge < -0.3 is 0 Å². The number of hydrogen-bond donors (Lipinski definition) is 0. The molecule has 7 heteroatoms. The van der Waals surface area contributed by atoms with Crippen LogP contribution in [0.25, 0.3) is 11.4 Å². The summed E-state index contributed by atoms with van der Waals surface area (Å²) < 4.78 is 25.7. The van der Waals surface area contributed by atoms with E-state index in [1.807, 2.05) is 24.3 Å². The molecule has 1 aliphatic heterocycles. The second-order valence-electron chi connectivity index (χ2n) is 4.62. The molecule has 1 unspecified atom stereocenters. The van der Waals surface area contributed by atoms with E-state index in [0.29, 0.717) is 12.2 Å². The third kappa shape index (κ3) is 2.81. The third-order valence-corrected chi connectivity index (χ3v) is 5.60. The van der Waals surface area contributed by atoms with Crippen LogP contribution in [0, 0.1) is 3.57 Å². The summed E-state index contributed by atoms with van der Waals surface area (Å²) >= 11 is 2.24. The van der Waals surface area contributed by atoms with Gasteiger partial charge >= 0.3 is 0 Å². The second kappa shape index (κ2) is 4.86. The standard InChI is InChI=1S/C12H12IN3O2S/c13-10-3-1-2-9(6-10)12-14-8-16(15-12)11-4-5-19(17,18)7-11/h1-3,6,8,11H,4-5,7H2. The predicted molar refractivity (Wildman–Crippen MR) is 80.5 cm³/mol. The van der Waals surface area contributed by atoms with E-state index in [-0.39, 0.29) is 17.5 Å². The summed E-state index contributed by atoms with van der Waals surface area (Å²) in [6.45, 7) is 0. The molecular formula is C12H12IN3O2S. The summed E-state index contributed by atoms with van der Waals surface area (Å²) in [5.74, 6) is 1.06. The Morgan fingerprint density at radius 3 is 2.89 bits per heavy atom. The van der Waals surface area contributed by atoms with Gasteiger partial charge in [0.15, 0.2) is 15.7 Å². The lowest BCUT2D eigenvalue weighted by atomic mass is 10.2. The van der Waals surface area contributed by atoms with Crippen LogP contribution in [0.5, 0.6) is 0 Å². The average molecular weight is 389 g/mol. The zero-order valence-corrected chi connectivity index (χ0v) is 13.0. The zero-order chi connectivity index (χ0) is 13.5. The molecule has 100 valence electrons. The highest BCUT2D eigenvalue weighted by atomic mass is 127. The largest absolute Gasteiger partial charge is 0.248 e. The molecule has 0 radical (unpaired) electrons. The first-order chi connectivity index (χ1) is 9.03. The number of sulfone groups is 1. The molecule has 0 aliphatic carbocycles. The SMILES string of the molecule is O=S1(=O)CCC(n2cnc(-c3cccc(I)c3)n2)C1. The summed E-state index contributed by atoms with van der Waals surface area (Å²) in [4.78, 5) is 4.27. The van der Waals surface area contributed by atoms with Crippen LogP contribution in [0.4, 0.5) is 0 Å². The van der Waals surface area contributed by atoms with Crippen molar-refractivity contribution in [2.75, 3.05) is 11.5 Å². The van der Waals surface area contributed by atoms with Gasteiger partial charge in [-0.2, -0.15) is 5.10 Å².